The number of rotatable bonds is 4. The number of carbonyl (C=O) groups is 2. The third-order valence-corrected chi connectivity index (χ3v) is 3.53. The van der Waals surface area contributed by atoms with Crippen LogP contribution in [0.1, 0.15) is 49.4 Å². The molecule has 8 nitrogen and oxygen atoms in total. The van der Waals surface area contributed by atoms with Crippen LogP contribution in [0.4, 0.5) is 4.79 Å². The molecule has 0 aromatic carbocycles. The predicted molar refractivity (Wildman–Crippen MR) is 85.6 cm³/mol. The van der Waals surface area contributed by atoms with Gasteiger partial charge in [-0.3, -0.25) is 4.68 Å². The molecule has 1 N–H and O–H groups in total. The van der Waals surface area contributed by atoms with Gasteiger partial charge in [0.05, 0.1) is 32.0 Å². The Bertz CT molecular complexity index is 618. The number of esters is 1. The summed E-state index contributed by atoms with van der Waals surface area (Å²) >= 11 is 0. The highest BCUT2D eigenvalue weighted by atomic mass is 16.6. The molecule has 2 heterocycles. The molecule has 0 fully saturated rings. The van der Waals surface area contributed by atoms with E-state index in [0.717, 1.165) is 5.69 Å². The van der Waals surface area contributed by atoms with E-state index < -0.39 is 17.7 Å². The average Bonchev–Trinajstić information content (AvgIpc) is 2.83. The van der Waals surface area contributed by atoms with Crippen molar-refractivity contribution in [2.75, 3.05) is 19.8 Å². The molecule has 2 rings (SSSR count). The van der Waals surface area contributed by atoms with Crippen LogP contribution < -0.4 is 0 Å². The van der Waals surface area contributed by atoms with Crippen molar-refractivity contribution in [3.05, 3.63) is 17.0 Å². The molecular formula is C16H25N3O5. The Labute approximate surface area is 141 Å². The van der Waals surface area contributed by atoms with Crippen LogP contribution in [0.25, 0.3) is 0 Å². The number of amides is 1. The number of fused-ring (bicyclic) bond motifs is 1. The first kappa shape index (κ1) is 18.3. The molecule has 0 saturated heterocycles. The summed E-state index contributed by atoms with van der Waals surface area (Å²) in [6, 6.07) is 0. The van der Waals surface area contributed by atoms with Crippen LogP contribution in [0.15, 0.2) is 0 Å². The van der Waals surface area contributed by atoms with Gasteiger partial charge in [0.1, 0.15) is 5.60 Å². The number of nitrogens with zero attached hydrogens (tertiary/aromatic N) is 3. The van der Waals surface area contributed by atoms with Crippen molar-refractivity contribution < 1.29 is 24.2 Å². The Balaban J connectivity index is 2.28. The molecule has 1 aliphatic heterocycles. The van der Waals surface area contributed by atoms with E-state index in [1.54, 1.807) is 11.8 Å². The molecule has 24 heavy (non-hydrogen) atoms. The number of aromatic nitrogens is 2. The second kappa shape index (κ2) is 7.21. The molecular weight excluding hydrogens is 314 g/mol. The van der Waals surface area contributed by atoms with Gasteiger partial charge in [-0.2, -0.15) is 5.10 Å². The lowest BCUT2D eigenvalue weighted by atomic mass is 10.1. The summed E-state index contributed by atoms with van der Waals surface area (Å²) in [7, 11) is 0. The second-order valence-corrected chi connectivity index (χ2v) is 6.59. The van der Waals surface area contributed by atoms with E-state index in [1.165, 1.54) is 4.68 Å². The van der Waals surface area contributed by atoms with Gasteiger partial charge in [0.15, 0.2) is 5.69 Å². The topological polar surface area (TPSA) is 93.9 Å². The fourth-order valence-corrected chi connectivity index (χ4v) is 2.59. The fourth-order valence-electron chi connectivity index (χ4n) is 2.59. The van der Waals surface area contributed by atoms with Crippen molar-refractivity contribution in [3.63, 3.8) is 0 Å². The van der Waals surface area contributed by atoms with Gasteiger partial charge in [-0.15, -0.1) is 0 Å². The van der Waals surface area contributed by atoms with Gasteiger partial charge >= 0.3 is 12.1 Å². The van der Waals surface area contributed by atoms with Gasteiger partial charge in [-0.1, -0.05) is 0 Å². The van der Waals surface area contributed by atoms with Gasteiger partial charge in [0, 0.05) is 18.5 Å². The Morgan fingerprint density at radius 3 is 2.62 bits per heavy atom. The van der Waals surface area contributed by atoms with Crippen molar-refractivity contribution in [2.45, 2.75) is 52.8 Å². The molecule has 0 unspecified atom stereocenters. The van der Waals surface area contributed by atoms with Crippen molar-refractivity contribution in [1.29, 1.82) is 0 Å². The lowest BCUT2D eigenvalue weighted by Crippen LogP contribution is -2.40. The smallest absolute Gasteiger partial charge is 0.410 e. The largest absolute Gasteiger partial charge is 0.461 e. The van der Waals surface area contributed by atoms with Crippen molar-refractivity contribution in [3.8, 4) is 0 Å². The number of aliphatic hydroxyl groups excluding tert-OH is 1. The molecule has 1 aromatic heterocycles. The third-order valence-electron chi connectivity index (χ3n) is 3.53. The molecule has 0 atom stereocenters. The quantitative estimate of drug-likeness (QED) is 0.832. The summed E-state index contributed by atoms with van der Waals surface area (Å²) < 4.78 is 12.0. The van der Waals surface area contributed by atoms with E-state index in [1.807, 2.05) is 20.8 Å². The number of hydrogen-bond donors (Lipinski definition) is 1. The van der Waals surface area contributed by atoms with Crippen LogP contribution in [0, 0.1) is 0 Å². The molecule has 1 aliphatic rings. The van der Waals surface area contributed by atoms with Crippen molar-refractivity contribution >= 4 is 12.1 Å². The lowest BCUT2D eigenvalue weighted by molar-refractivity contribution is 0.0219. The SMILES string of the molecule is CCOC(=O)c1c2c(nn1CCO)CCN(C(=O)OC(C)(C)C)C2. The normalized spacial score (nSPS) is 14.3. The average molecular weight is 339 g/mol. The van der Waals surface area contributed by atoms with Crippen LogP contribution in [0.3, 0.4) is 0 Å². The highest BCUT2D eigenvalue weighted by molar-refractivity contribution is 5.90. The van der Waals surface area contributed by atoms with Crippen LogP contribution in [-0.4, -0.2) is 57.2 Å². The molecule has 0 radical (unpaired) electrons. The second-order valence-electron chi connectivity index (χ2n) is 6.59. The van der Waals surface area contributed by atoms with Crippen LogP contribution >= 0.6 is 0 Å². The minimum absolute atomic E-state index is 0.136. The maximum atomic E-state index is 12.3. The summed E-state index contributed by atoms with van der Waals surface area (Å²) in [5, 5.41) is 13.6. The van der Waals surface area contributed by atoms with Crippen LogP contribution in [-0.2, 0) is 29.0 Å². The fraction of sp³-hybridized carbons (Fsp3) is 0.688. The predicted octanol–water partition coefficient (Wildman–Crippen LogP) is 1.35. The Morgan fingerprint density at radius 1 is 1.33 bits per heavy atom. The first-order valence-corrected chi connectivity index (χ1v) is 8.11. The first-order valence-electron chi connectivity index (χ1n) is 8.11. The minimum Gasteiger partial charge on any atom is -0.461 e. The molecule has 0 spiro atoms. The van der Waals surface area contributed by atoms with E-state index in [-0.39, 0.29) is 26.3 Å². The summed E-state index contributed by atoms with van der Waals surface area (Å²) in [6.45, 7) is 8.18. The van der Waals surface area contributed by atoms with Gasteiger partial charge in [-0.25, -0.2) is 9.59 Å². The molecule has 134 valence electrons. The minimum atomic E-state index is -0.581. The zero-order chi connectivity index (χ0) is 17.9. The Hall–Kier alpha value is -2.09. The van der Waals surface area contributed by atoms with Crippen LogP contribution in [0.5, 0.6) is 0 Å². The first-order chi connectivity index (χ1) is 11.3. The molecule has 0 aliphatic carbocycles. The van der Waals surface area contributed by atoms with Crippen molar-refractivity contribution in [2.24, 2.45) is 0 Å². The van der Waals surface area contributed by atoms with Gasteiger partial charge in [-0.05, 0) is 27.7 Å². The monoisotopic (exact) mass is 339 g/mol. The Kier molecular flexibility index (Phi) is 5.48. The van der Waals surface area contributed by atoms with Gasteiger partial charge in [0.25, 0.3) is 0 Å². The zero-order valence-corrected chi connectivity index (χ0v) is 14.7. The van der Waals surface area contributed by atoms with E-state index in [4.69, 9.17) is 9.47 Å². The van der Waals surface area contributed by atoms with Gasteiger partial charge in [0.2, 0.25) is 0 Å². The maximum Gasteiger partial charge on any atom is 0.410 e. The number of hydrogen-bond acceptors (Lipinski definition) is 6. The van der Waals surface area contributed by atoms with E-state index >= 15 is 0 Å². The number of carbonyl (C=O) groups excluding carboxylic acids is 2. The summed E-state index contributed by atoms with van der Waals surface area (Å²) in [5.41, 5.74) is 1.14. The molecule has 8 heteroatoms. The Morgan fingerprint density at radius 2 is 2.04 bits per heavy atom. The van der Waals surface area contributed by atoms with E-state index in [2.05, 4.69) is 5.10 Å². The maximum absolute atomic E-state index is 12.3. The molecule has 1 aromatic rings. The molecule has 1 amide bonds. The zero-order valence-electron chi connectivity index (χ0n) is 14.7. The standard InChI is InChI=1S/C16H25N3O5/c1-5-23-14(21)13-11-10-18(15(22)24-16(2,3)4)7-6-12(11)17-19(13)8-9-20/h20H,5-10H2,1-4H3. The molecule has 0 bridgehead atoms. The van der Waals surface area contributed by atoms with E-state index in [0.29, 0.717) is 24.2 Å². The third kappa shape index (κ3) is 4.05. The lowest BCUT2D eigenvalue weighted by Gasteiger charge is -2.29. The highest BCUT2D eigenvalue weighted by Gasteiger charge is 2.32. The summed E-state index contributed by atoms with van der Waals surface area (Å²) in [5.74, 6) is -0.495. The summed E-state index contributed by atoms with van der Waals surface area (Å²) in [4.78, 5) is 26.1. The van der Waals surface area contributed by atoms with E-state index in [9.17, 15) is 14.7 Å². The van der Waals surface area contributed by atoms with Crippen molar-refractivity contribution in [1.82, 2.24) is 14.7 Å². The number of ether oxygens (including phenoxy) is 2. The highest BCUT2D eigenvalue weighted by Crippen LogP contribution is 2.24. The molecule has 0 saturated carbocycles. The number of aliphatic hydroxyl groups is 1. The van der Waals surface area contributed by atoms with Gasteiger partial charge < -0.3 is 19.5 Å². The van der Waals surface area contributed by atoms with Crippen LogP contribution in [0.2, 0.25) is 0 Å². The summed E-state index contributed by atoms with van der Waals surface area (Å²) in [6.07, 6.45) is 0.109.